The molecule has 0 aliphatic heterocycles. The average molecular weight is 426 g/mol. The normalized spacial score (nSPS) is 12.0. The Balaban J connectivity index is 2.09. The molecule has 124 valence electrons. The Bertz CT molecular complexity index is 1000. The standard InChI is InChI=1S/C15H12BrN3O3S2/c1-2-7-18-10-4-3-9(16)8-12(10)24-15(18)17-14(20)11-5-6-13(23-11)19(21)22/h3-6,8H,2,7H2,1H3. The Morgan fingerprint density at radius 1 is 1.33 bits per heavy atom. The lowest BCUT2D eigenvalue weighted by Gasteiger charge is -2.02. The Morgan fingerprint density at radius 2 is 2.12 bits per heavy atom. The first-order valence-corrected chi connectivity index (χ1v) is 9.54. The first-order valence-electron chi connectivity index (χ1n) is 7.11. The molecule has 0 radical (unpaired) electrons. The first kappa shape index (κ1) is 17.0. The topological polar surface area (TPSA) is 77.5 Å². The van der Waals surface area contributed by atoms with Crippen LogP contribution in [0.15, 0.2) is 39.8 Å². The number of nitrogens with zero attached hydrogens (tertiary/aromatic N) is 3. The van der Waals surface area contributed by atoms with Gasteiger partial charge in [-0.3, -0.25) is 14.9 Å². The zero-order valence-electron chi connectivity index (χ0n) is 12.6. The van der Waals surface area contributed by atoms with Crippen molar-refractivity contribution < 1.29 is 9.72 Å². The highest BCUT2D eigenvalue weighted by molar-refractivity contribution is 9.10. The molecule has 0 unspecified atom stereocenters. The lowest BCUT2D eigenvalue weighted by molar-refractivity contribution is -0.380. The number of carbonyl (C=O) groups is 1. The van der Waals surface area contributed by atoms with Crippen molar-refractivity contribution in [3.8, 4) is 0 Å². The van der Waals surface area contributed by atoms with Gasteiger partial charge in [-0.1, -0.05) is 45.5 Å². The van der Waals surface area contributed by atoms with E-state index in [-0.39, 0.29) is 9.88 Å². The summed E-state index contributed by atoms with van der Waals surface area (Å²) in [6, 6.07) is 8.71. The molecule has 0 aliphatic carbocycles. The molecule has 24 heavy (non-hydrogen) atoms. The van der Waals surface area contributed by atoms with Gasteiger partial charge in [-0.2, -0.15) is 4.99 Å². The molecule has 0 saturated carbocycles. The molecule has 3 aromatic rings. The van der Waals surface area contributed by atoms with Gasteiger partial charge in [0.2, 0.25) is 0 Å². The molecule has 0 aliphatic rings. The van der Waals surface area contributed by atoms with Crippen LogP contribution in [-0.4, -0.2) is 15.4 Å². The number of hydrogen-bond donors (Lipinski definition) is 0. The maximum absolute atomic E-state index is 12.4. The number of carbonyl (C=O) groups excluding carboxylic acids is 1. The summed E-state index contributed by atoms with van der Waals surface area (Å²) in [5.41, 5.74) is 1.02. The molecular formula is C15H12BrN3O3S2. The van der Waals surface area contributed by atoms with Crippen molar-refractivity contribution in [3.63, 3.8) is 0 Å². The monoisotopic (exact) mass is 425 g/mol. The molecule has 2 aromatic heterocycles. The van der Waals surface area contributed by atoms with Crippen molar-refractivity contribution in [2.75, 3.05) is 0 Å². The summed E-state index contributed by atoms with van der Waals surface area (Å²) in [6.07, 6.45) is 0.910. The predicted molar refractivity (Wildman–Crippen MR) is 98.7 cm³/mol. The Kier molecular flexibility index (Phi) is 4.93. The van der Waals surface area contributed by atoms with Crippen molar-refractivity contribution in [2.24, 2.45) is 4.99 Å². The van der Waals surface area contributed by atoms with Gasteiger partial charge in [-0.05, 0) is 30.7 Å². The maximum atomic E-state index is 12.4. The fourth-order valence-electron chi connectivity index (χ4n) is 2.25. The zero-order valence-corrected chi connectivity index (χ0v) is 15.8. The number of amides is 1. The van der Waals surface area contributed by atoms with Gasteiger partial charge in [0.15, 0.2) is 4.80 Å². The van der Waals surface area contributed by atoms with E-state index in [4.69, 9.17) is 0 Å². The highest BCUT2D eigenvalue weighted by Gasteiger charge is 2.15. The van der Waals surface area contributed by atoms with Crippen LogP contribution in [0.2, 0.25) is 0 Å². The van der Waals surface area contributed by atoms with Crippen LogP contribution in [0.5, 0.6) is 0 Å². The zero-order chi connectivity index (χ0) is 17.3. The van der Waals surface area contributed by atoms with Gasteiger partial charge in [-0.25, -0.2) is 0 Å². The van der Waals surface area contributed by atoms with E-state index in [9.17, 15) is 14.9 Å². The summed E-state index contributed by atoms with van der Waals surface area (Å²) >= 11 is 5.72. The average Bonchev–Trinajstić information content (AvgIpc) is 3.13. The second-order valence-electron chi connectivity index (χ2n) is 4.96. The number of aryl methyl sites for hydroxylation is 1. The summed E-state index contributed by atoms with van der Waals surface area (Å²) in [4.78, 5) is 27.7. The minimum atomic E-state index is -0.504. The minimum absolute atomic E-state index is 0.0599. The Hall–Kier alpha value is -1.84. The Labute approximate surface area is 153 Å². The highest BCUT2D eigenvalue weighted by atomic mass is 79.9. The molecule has 1 amide bonds. The smallest absolute Gasteiger partial charge is 0.316 e. The number of thiazole rings is 1. The molecule has 3 rings (SSSR count). The summed E-state index contributed by atoms with van der Waals surface area (Å²) in [6.45, 7) is 2.81. The van der Waals surface area contributed by atoms with E-state index < -0.39 is 10.8 Å². The fraction of sp³-hybridized carbons (Fsp3) is 0.200. The van der Waals surface area contributed by atoms with E-state index in [0.717, 1.165) is 39.0 Å². The quantitative estimate of drug-likeness (QED) is 0.452. The van der Waals surface area contributed by atoms with Crippen LogP contribution in [0.25, 0.3) is 10.2 Å². The van der Waals surface area contributed by atoms with Gasteiger partial charge in [0, 0.05) is 17.1 Å². The van der Waals surface area contributed by atoms with Gasteiger partial charge < -0.3 is 4.57 Å². The van der Waals surface area contributed by atoms with E-state index in [2.05, 4.69) is 27.8 Å². The van der Waals surface area contributed by atoms with Crippen LogP contribution in [0.1, 0.15) is 23.0 Å². The van der Waals surface area contributed by atoms with Crippen molar-refractivity contribution in [1.82, 2.24) is 4.57 Å². The van der Waals surface area contributed by atoms with Crippen LogP contribution in [0.3, 0.4) is 0 Å². The van der Waals surface area contributed by atoms with Crippen LogP contribution >= 0.6 is 38.6 Å². The number of hydrogen-bond acceptors (Lipinski definition) is 5. The second-order valence-corrected chi connectivity index (χ2v) is 7.95. The van der Waals surface area contributed by atoms with Crippen molar-refractivity contribution in [3.05, 3.63) is 54.6 Å². The van der Waals surface area contributed by atoms with Gasteiger partial charge in [0.25, 0.3) is 5.91 Å². The van der Waals surface area contributed by atoms with E-state index in [1.165, 1.54) is 23.5 Å². The van der Waals surface area contributed by atoms with E-state index in [1.807, 2.05) is 22.8 Å². The van der Waals surface area contributed by atoms with Crippen molar-refractivity contribution in [2.45, 2.75) is 19.9 Å². The number of aromatic nitrogens is 1. The minimum Gasteiger partial charge on any atom is -0.316 e. The summed E-state index contributed by atoms with van der Waals surface area (Å²) in [5, 5.41) is 10.7. The molecule has 9 heteroatoms. The molecule has 0 fully saturated rings. The van der Waals surface area contributed by atoms with Crippen LogP contribution in [0, 0.1) is 10.1 Å². The Morgan fingerprint density at radius 3 is 2.79 bits per heavy atom. The third-order valence-corrected chi connectivity index (χ3v) is 5.83. The predicted octanol–water partition coefficient (Wildman–Crippen LogP) is 4.59. The molecule has 0 atom stereocenters. The van der Waals surface area contributed by atoms with Crippen molar-refractivity contribution >= 4 is 59.7 Å². The van der Waals surface area contributed by atoms with Crippen LogP contribution in [0.4, 0.5) is 5.00 Å². The van der Waals surface area contributed by atoms with Gasteiger partial charge in [0.1, 0.15) is 4.88 Å². The molecule has 6 nitrogen and oxygen atoms in total. The molecule has 0 N–H and O–H groups in total. The number of fused-ring (bicyclic) bond motifs is 1. The van der Waals surface area contributed by atoms with E-state index >= 15 is 0 Å². The SMILES string of the molecule is CCCn1c(=NC(=O)c2ccc([N+](=O)[O-])s2)sc2cc(Br)ccc21. The van der Waals surface area contributed by atoms with E-state index in [0.29, 0.717) is 4.80 Å². The summed E-state index contributed by atoms with van der Waals surface area (Å²) in [5.74, 6) is -0.455. The third kappa shape index (κ3) is 3.33. The summed E-state index contributed by atoms with van der Waals surface area (Å²) < 4.78 is 4.00. The molecule has 1 aromatic carbocycles. The highest BCUT2D eigenvalue weighted by Crippen LogP contribution is 2.25. The van der Waals surface area contributed by atoms with E-state index in [1.54, 1.807) is 0 Å². The number of nitro groups is 1. The molecule has 2 heterocycles. The molecular weight excluding hydrogens is 414 g/mol. The largest absolute Gasteiger partial charge is 0.324 e. The van der Waals surface area contributed by atoms with Crippen molar-refractivity contribution in [1.29, 1.82) is 0 Å². The lowest BCUT2D eigenvalue weighted by Crippen LogP contribution is -2.16. The number of rotatable bonds is 4. The number of benzene rings is 1. The van der Waals surface area contributed by atoms with Crippen LogP contribution < -0.4 is 4.80 Å². The lowest BCUT2D eigenvalue weighted by atomic mass is 10.3. The van der Waals surface area contributed by atoms with Gasteiger partial charge in [0.05, 0.1) is 15.1 Å². The molecule has 0 spiro atoms. The maximum Gasteiger partial charge on any atom is 0.324 e. The van der Waals surface area contributed by atoms with Gasteiger partial charge in [-0.15, -0.1) is 0 Å². The number of thiophene rings is 1. The fourth-order valence-corrected chi connectivity index (χ4v) is 4.57. The van der Waals surface area contributed by atoms with Crippen LogP contribution in [-0.2, 0) is 6.54 Å². The van der Waals surface area contributed by atoms with Gasteiger partial charge >= 0.3 is 5.00 Å². The molecule has 0 bridgehead atoms. The number of halogens is 1. The summed E-state index contributed by atoms with van der Waals surface area (Å²) in [7, 11) is 0. The first-order chi connectivity index (χ1) is 11.5. The third-order valence-electron chi connectivity index (χ3n) is 3.27. The second kappa shape index (κ2) is 6.96. The molecule has 0 saturated heterocycles.